The van der Waals surface area contributed by atoms with E-state index in [1.54, 1.807) is 0 Å². The second-order valence-electron chi connectivity index (χ2n) is 3.58. The van der Waals surface area contributed by atoms with Crippen molar-refractivity contribution in [2.24, 2.45) is 11.7 Å². The maximum atomic E-state index is 5.58. The van der Waals surface area contributed by atoms with Crippen LogP contribution in [0.3, 0.4) is 0 Å². The molecule has 0 spiro atoms. The maximum Gasteiger partial charge on any atom is 0.137 e. The summed E-state index contributed by atoms with van der Waals surface area (Å²) in [5, 5.41) is 3.93. The number of rotatable bonds is 2. The summed E-state index contributed by atoms with van der Waals surface area (Å²) >= 11 is 0. The summed E-state index contributed by atoms with van der Waals surface area (Å²) in [5.74, 6) is 2.26. The topological polar surface area (TPSA) is 52.0 Å². The van der Waals surface area contributed by atoms with Crippen molar-refractivity contribution in [3.8, 4) is 0 Å². The minimum Gasteiger partial charge on any atom is -0.361 e. The minimum atomic E-state index is 0.626. The van der Waals surface area contributed by atoms with Gasteiger partial charge in [0, 0.05) is 5.56 Å². The number of hydrogen-bond acceptors (Lipinski definition) is 3. The van der Waals surface area contributed by atoms with Gasteiger partial charge in [0.05, 0.1) is 5.69 Å². The number of hydrogen-bond donors (Lipinski definition) is 1. The molecule has 3 nitrogen and oxygen atoms in total. The minimum absolute atomic E-state index is 0.626. The molecule has 66 valence electrons. The Morgan fingerprint density at radius 1 is 1.58 bits per heavy atom. The Labute approximate surface area is 71.9 Å². The van der Waals surface area contributed by atoms with Gasteiger partial charge in [0.2, 0.25) is 0 Å². The average molecular weight is 166 g/mol. The summed E-state index contributed by atoms with van der Waals surface area (Å²) in [7, 11) is 0. The smallest absolute Gasteiger partial charge is 0.137 e. The zero-order chi connectivity index (χ0) is 8.72. The highest BCUT2D eigenvalue weighted by Gasteiger charge is 2.40. The number of aryl methyl sites for hydroxylation is 2. The second kappa shape index (κ2) is 2.59. The van der Waals surface area contributed by atoms with Crippen LogP contribution in [0.4, 0.5) is 0 Å². The molecule has 12 heavy (non-hydrogen) atoms. The molecule has 1 aliphatic rings. The van der Waals surface area contributed by atoms with Gasteiger partial charge in [-0.1, -0.05) is 5.16 Å². The molecule has 1 aliphatic carbocycles. The summed E-state index contributed by atoms with van der Waals surface area (Å²) in [6.45, 7) is 4.76. The van der Waals surface area contributed by atoms with Gasteiger partial charge in [-0.2, -0.15) is 0 Å². The predicted octanol–water partition coefficient (Wildman–Crippen LogP) is 1.35. The number of nitrogens with zero attached hydrogens (tertiary/aromatic N) is 1. The second-order valence-corrected chi connectivity index (χ2v) is 3.58. The van der Waals surface area contributed by atoms with Crippen molar-refractivity contribution in [1.29, 1.82) is 0 Å². The van der Waals surface area contributed by atoms with Crippen LogP contribution in [0.25, 0.3) is 0 Å². The Morgan fingerprint density at radius 2 is 2.33 bits per heavy atom. The number of aromatic nitrogens is 1. The van der Waals surface area contributed by atoms with Crippen LogP contribution in [-0.2, 0) is 0 Å². The van der Waals surface area contributed by atoms with Gasteiger partial charge in [-0.15, -0.1) is 0 Å². The van der Waals surface area contributed by atoms with Gasteiger partial charge in [-0.05, 0) is 38.6 Å². The van der Waals surface area contributed by atoms with Crippen LogP contribution in [0.15, 0.2) is 4.52 Å². The normalized spacial score (nSPS) is 27.6. The standard InChI is InChI=1S/C9H14N2O/c1-5-9(6(2)12-11-5)8-3-7(8)4-10/h7-8H,3-4,10H2,1-2H3. The van der Waals surface area contributed by atoms with E-state index in [-0.39, 0.29) is 0 Å². The molecule has 0 aliphatic heterocycles. The third kappa shape index (κ3) is 1.05. The zero-order valence-electron chi connectivity index (χ0n) is 7.50. The quantitative estimate of drug-likeness (QED) is 0.721. The lowest BCUT2D eigenvalue weighted by Crippen LogP contribution is -2.02. The molecule has 0 aromatic carbocycles. The molecule has 1 aromatic rings. The Bertz CT molecular complexity index is 273. The first-order valence-electron chi connectivity index (χ1n) is 4.37. The highest BCUT2D eigenvalue weighted by atomic mass is 16.5. The van der Waals surface area contributed by atoms with Crippen LogP contribution in [-0.4, -0.2) is 11.7 Å². The molecule has 2 rings (SSSR count). The highest BCUT2D eigenvalue weighted by molar-refractivity contribution is 5.31. The molecule has 0 amide bonds. The van der Waals surface area contributed by atoms with E-state index in [9.17, 15) is 0 Å². The Hall–Kier alpha value is -0.830. The molecule has 0 saturated heterocycles. The first-order chi connectivity index (χ1) is 5.74. The van der Waals surface area contributed by atoms with Crippen LogP contribution in [0.2, 0.25) is 0 Å². The lowest BCUT2D eigenvalue weighted by atomic mass is 10.1. The van der Waals surface area contributed by atoms with Gasteiger partial charge in [-0.3, -0.25) is 0 Å². The first kappa shape index (κ1) is 7.80. The van der Waals surface area contributed by atoms with E-state index in [2.05, 4.69) is 5.16 Å². The molecular weight excluding hydrogens is 152 g/mol. The third-order valence-corrected chi connectivity index (χ3v) is 2.68. The molecule has 1 fully saturated rings. The Kier molecular flexibility index (Phi) is 1.68. The van der Waals surface area contributed by atoms with Gasteiger partial charge in [0.15, 0.2) is 0 Å². The van der Waals surface area contributed by atoms with Crippen LogP contribution >= 0.6 is 0 Å². The molecule has 0 bridgehead atoms. The monoisotopic (exact) mass is 166 g/mol. The van der Waals surface area contributed by atoms with E-state index in [0.717, 1.165) is 18.0 Å². The summed E-state index contributed by atoms with van der Waals surface area (Å²) < 4.78 is 5.10. The van der Waals surface area contributed by atoms with Gasteiger partial charge >= 0.3 is 0 Å². The van der Waals surface area contributed by atoms with Gasteiger partial charge in [0.1, 0.15) is 5.76 Å². The fraction of sp³-hybridized carbons (Fsp3) is 0.667. The molecule has 2 N–H and O–H groups in total. The van der Waals surface area contributed by atoms with E-state index in [1.165, 1.54) is 12.0 Å². The van der Waals surface area contributed by atoms with Gasteiger partial charge in [0.25, 0.3) is 0 Å². The van der Waals surface area contributed by atoms with Gasteiger partial charge in [-0.25, -0.2) is 0 Å². The van der Waals surface area contributed by atoms with Crippen molar-refractivity contribution in [3.05, 3.63) is 17.0 Å². The van der Waals surface area contributed by atoms with Crippen molar-refractivity contribution in [2.45, 2.75) is 26.2 Å². The fourth-order valence-electron chi connectivity index (χ4n) is 1.88. The lowest BCUT2D eigenvalue weighted by molar-refractivity contribution is 0.392. The Morgan fingerprint density at radius 3 is 2.75 bits per heavy atom. The summed E-state index contributed by atoms with van der Waals surface area (Å²) in [6.07, 6.45) is 1.21. The first-order valence-corrected chi connectivity index (χ1v) is 4.37. The van der Waals surface area contributed by atoms with Crippen LogP contribution < -0.4 is 5.73 Å². The third-order valence-electron chi connectivity index (χ3n) is 2.68. The molecular formula is C9H14N2O. The Balaban J connectivity index is 2.23. The van der Waals surface area contributed by atoms with Crippen molar-refractivity contribution in [2.75, 3.05) is 6.54 Å². The van der Waals surface area contributed by atoms with Crippen molar-refractivity contribution in [1.82, 2.24) is 5.16 Å². The predicted molar refractivity (Wildman–Crippen MR) is 45.9 cm³/mol. The average Bonchev–Trinajstić information content (AvgIpc) is 2.74. The summed E-state index contributed by atoms with van der Waals surface area (Å²) in [4.78, 5) is 0. The zero-order valence-corrected chi connectivity index (χ0v) is 7.50. The van der Waals surface area contributed by atoms with Crippen LogP contribution in [0.1, 0.15) is 29.4 Å². The van der Waals surface area contributed by atoms with E-state index in [4.69, 9.17) is 10.3 Å². The largest absolute Gasteiger partial charge is 0.361 e. The molecule has 2 atom stereocenters. The highest BCUT2D eigenvalue weighted by Crippen LogP contribution is 2.48. The lowest BCUT2D eigenvalue weighted by Gasteiger charge is -1.95. The van der Waals surface area contributed by atoms with Crippen molar-refractivity contribution >= 4 is 0 Å². The van der Waals surface area contributed by atoms with Crippen LogP contribution in [0, 0.1) is 19.8 Å². The maximum absolute atomic E-state index is 5.58. The van der Waals surface area contributed by atoms with E-state index in [1.807, 2.05) is 13.8 Å². The van der Waals surface area contributed by atoms with Crippen LogP contribution in [0.5, 0.6) is 0 Å². The summed E-state index contributed by atoms with van der Waals surface area (Å²) in [6, 6.07) is 0. The molecule has 1 saturated carbocycles. The van der Waals surface area contributed by atoms with E-state index < -0.39 is 0 Å². The molecule has 2 unspecified atom stereocenters. The SMILES string of the molecule is Cc1noc(C)c1C1CC1CN. The number of nitrogens with two attached hydrogens (primary N) is 1. The van der Waals surface area contributed by atoms with Crippen molar-refractivity contribution in [3.63, 3.8) is 0 Å². The van der Waals surface area contributed by atoms with Crippen molar-refractivity contribution < 1.29 is 4.52 Å². The molecule has 3 heteroatoms. The molecule has 0 radical (unpaired) electrons. The van der Waals surface area contributed by atoms with E-state index in [0.29, 0.717) is 11.8 Å². The summed E-state index contributed by atoms with van der Waals surface area (Å²) in [5.41, 5.74) is 7.91. The molecule has 1 heterocycles. The van der Waals surface area contributed by atoms with E-state index >= 15 is 0 Å². The molecule has 1 aromatic heterocycles. The van der Waals surface area contributed by atoms with Gasteiger partial charge < -0.3 is 10.3 Å². The fourth-order valence-corrected chi connectivity index (χ4v) is 1.88.